The predicted molar refractivity (Wildman–Crippen MR) is 93.3 cm³/mol. The number of nitrogens with one attached hydrogen (secondary N) is 1. The van der Waals surface area contributed by atoms with Crippen LogP contribution in [0.1, 0.15) is 17.2 Å². The zero-order valence-electron chi connectivity index (χ0n) is 14.4. The Kier molecular flexibility index (Phi) is 6.21. The number of benzene rings is 2. The first kappa shape index (κ1) is 17.8. The molecule has 2 atom stereocenters. The van der Waals surface area contributed by atoms with Gasteiger partial charge < -0.3 is 19.5 Å². The van der Waals surface area contributed by atoms with Crippen molar-refractivity contribution >= 4 is 11.7 Å². The molecule has 2 aromatic rings. The minimum absolute atomic E-state index is 0.417. The molecule has 0 amide bonds. The van der Waals surface area contributed by atoms with Gasteiger partial charge in [0, 0.05) is 7.11 Å². The molecule has 0 aliphatic carbocycles. The number of anilines is 1. The summed E-state index contributed by atoms with van der Waals surface area (Å²) < 4.78 is 15.7. The fourth-order valence-electron chi connectivity index (χ4n) is 2.52. The first-order valence-corrected chi connectivity index (χ1v) is 7.67. The fraction of sp³-hybridized carbons (Fsp3) is 0.316. The number of esters is 1. The van der Waals surface area contributed by atoms with Crippen LogP contribution in [0.2, 0.25) is 0 Å². The van der Waals surface area contributed by atoms with Gasteiger partial charge in [-0.15, -0.1) is 0 Å². The normalized spacial score (nSPS) is 13.0. The average molecular weight is 329 g/mol. The average Bonchev–Trinajstić information content (AvgIpc) is 2.62. The zero-order chi connectivity index (χ0) is 17.5. The third-order valence-corrected chi connectivity index (χ3v) is 3.84. The van der Waals surface area contributed by atoms with Crippen molar-refractivity contribution in [2.75, 3.05) is 26.6 Å². The molecule has 0 radical (unpaired) electrons. The number of aryl methyl sites for hydroxylation is 1. The van der Waals surface area contributed by atoms with Crippen LogP contribution in [0.25, 0.3) is 0 Å². The molecule has 2 rings (SSSR count). The summed E-state index contributed by atoms with van der Waals surface area (Å²) in [7, 11) is 4.45. The molecule has 0 saturated carbocycles. The fourth-order valence-corrected chi connectivity index (χ4v) is 2.52. The van der Waals surface area contributed by atoms with E-state index in [0.717, 1.165) is 16.8 Å². The smallest absolute Gasteiger partial charge is 0.337 e. The van der Waals surface area contributed by atoms with Gasteiger partial charge in [0.05, 0.1) is 25.9 Å². The Balaban J connectivity index is 2.41. The molecule has 0 heterocycles. The van der Waals surface area contributed by atoms with Crippen LogP contribution in [0.4, 0.5) is 5.69 Å². The van der Waals surface area contributed by atoms with Crippen LogP contribution in [0, 0.1) is 6.92 Å². The molecule has 5 heteroatoms. The van der Waals surface area contributed by atoms with Crippen LogP contribution >= 0.6 is 0 Å². The second-order valence-electron chi connectivity index (χ2n) is 5.41. The Bertz CT molecular complexity index is 669. The van der Waals surface area contributed by atoms with Crippen molar-refractivity contribution < 1.29 is 19.0 Å². The summed E-state index contributed by atoms with van der Waals surface area (Å²) in [6, 6.07) is 15.1. The summed E-state index contributed by atoms with van der Waals surface area (Å²) in [5.74, 6) is 0.250. The summed E-state index contributed by atoms with van der Waals surface area (Å²) in [5, 5.41) is 3.35. The van der Waals surface area contributed by atoms with Gasteiger partial charge in [-0.2, -0.15) is 0 Å². The van der Waals surface area contributed by atoms with E-state index in [-0.39, 0.29) is 0 Å². The Morgan fingerprint density at radius 3 is 2.25 bits per heavy atom. The van der Waals surface area contributed by atoms with Crippen LogP contribution < -0.4 is 10.1 Å². The van der Waals surface area contributed by atoms with E-state index >= 15 is 0 Å². The van der Waals surface area contributed by atoms with Crippen molar-refractivity contribution in [2.24, 2.45) is 0 Å². The highest BCUT2D eigenvalue weighted by atomic mass is 16.6. The molecule has 0 unspecified atom stereocenters. The van der Waals surface area contributed by atoms with E-state index in [9.17, 15) is 4.79 Å². The maximum Gasteiger partial charge on any atom is 0.337 e. The van der Waals surface area contributed by atoms with Gasteiger partial charge in [0.15, 0.2) is 6.10 Å². The van der Waals surface area contributed by atoms with Crippen LogP contribution in [-0.2, 0) is 14.3 Å². The van der Waals surface area contributed by atoms with Crippen LogP contribution in [0.15, 0.2) is 48.5 Å². The van der Waals surface area contributed by atoms with E-state index in [1.165, 1.54) is 14.2 Å². The van der Waals surface area contributed by atoms with E-state index in [1.807, 2.05) is 55.5 Å². The highest BCUT2D eigenvalue weighted by Gasteiger charge is 2.31. The SMILES string of the molecule is COC(=O)[C@H](OC)[C@H](Nc1ccccc1OC)c1ccc(C)cc1. The number of para-hydroxylation sites is 2. The molecular weight excluding hydrogens is 306 g/mol. The lowest BCUT2D eigenvalue weighted by atomic mass is 9.99. The molecule has 128 valence electrons. The standard InChI is InChI=1S/C19H23NO4/c1-13-9-11-14(12-10-13)17(18(23-3)19(21)24-4)20-15-7-5-6-8-16(15)22-2/h5-12,17-18,20H,1-4H3/t17-,18-/m1/s1. The summed E-state index contributed by atoms with van der Waals surface area (Å²) in [4.78, 5) is 12.2. The zero-order valence-corrected chi connectivity index (χ0v) is 14.4. The van der Waals surface area contributed by atoms with Gasteiger partial charge in [0.25, 0.3) is 0 Å². The topological polar surface area (TPSA) is 56.8 Å². The molecule has 24 heavy (non-hydrogen) atoms. The van der Waals surface area contributed by atoms with Crippen LogP contribution in [0.3, 0.4) is 0 Å². The second kappa shape index (κ2) is 8.36. The van der Waals surface area contributed by atoms with E-state index in [2.05, 4.69) is 5.32 Å². The molecule has 5 nitrogen and oxygen atoms in total. The molecule has 0 aliphatic rings. The minimum Gasteiger partial charge on any atom is -0.495 e. The third-order valence-electron chi connectivity index (χ3n) is 3.84. The summed E-state index contributed by atoms with van der Waals surface area (Å²) in [6.07, 6.45) is -0.789. The van der Waals surface area contributed by atoms with Gasteiger partial charge in [-0.3, -0.25) is 0 Å². The third kappa shape index (κ3) is 4.06. The van der Waals surface area contributed by atoms with E-state index in [0.29, 0.717) is 5.75 Å². The van der Waals surface area contributed by atoms with Gasteiger partial charge in [-0.1, -0.05) is 42.0 Å². The molecule has 0 aromatic heterocycles. The second-order valence-corrected chi connectivity index (χ2v) is 5.41. The van der Waals surface area contributed by atoms with Gasteiger partial charge >= 0.3 is 5.97 Å². The minimum atomic E-state index is -0.789. The lowest BCUT2D eigenvalue weighted by Gasteiger charge is -2.27. The monoisotopic (exact) mass is 329 g/mol. The number of carbonyl (C=O) groups excluding carboxylic acids is 1. The van der Waals surface area contributed by atoms with Gasteiger partial charge in [-0.25, -0.2) is 4.79 Å². The van der Waals surface area contributed by atoms with Gasteiger partial charge in [0.2, 0.25) is 0 Å². The number of hydrogen-bond acceptors (Lipinski definition) is 5. The summed E-state index contributed by atoms with van der Waals surface area (Å²) in [6.45, 7) is 2.01. The highest BCUT2D eigenvalue weighted by Crippen LogP contribution is 2.31. The Morgan fingerprint density at radius 1 is 1.00 bits per heavy atom. The molecule has 0 aliphatic heterocycles. The lowest BCUT2D eigenvalue weighted by Crippen LogP contribution is -2.35. The van der Waals surface area contributed by atoms with Crippen molar-refractivity contribution in [3.05, 3.63) is 59.7 Å². The number of rotatable bonds is 7. The molecule has 0 fully saturated rings. The summed E-state index contributed by atoms with van der Waals surface area (Å²) in [5.41, 5.74) is 2.84. The summed E-state index contributed by atoms with van der Waals surface area (Å²) >= 11 is 0. The maximum atomic E-state index is 12.2. The van der Waals surface area contributed by atoms with Gasteiger partial charge in [0.1, 0.15) is 5.75 Å². The van der Waals surface area contributed by atoms with Crippen LogP contribution in [0.5, 0.6) is 5.75 Å². The Hall–Kier alpha value is -2.53. The highest BCUT2D eigenvalue weighted by molar-refractivity contribution is 5.77. The molecule has 0 spiro atoms. The molecule has 1 N–H and O–H groups in total. The van der Waals surface area contributed by atoms with Crippen LogP contribution in [-0.4, -0.2) is 33.4 Å². The molecular formula is C19H23NO4. The van der Waals surface area contributed by atoms with Crippen molar-refractivity contribution in [1.82, 2.24) is 0 Å². The molecule has 0 bridgehead atoms. The number of hydrogen-bond donors (Lipinski definition) is 1. The lowest BCUT2D eigenvalue weighted by molar-refractivity contribution is -0.153. The number of carbonyl (C=O) groups is 1. The maximum absolute atomic E-state index is 12.2. The van der Waals surface area contributed by atoms with Gasteiger partial charge in [-0.05, 0) is 24.6 Å². The predicted octanol–water partition coefficient (Wildman–Crippen LogP) is 3.34. The van der Waals surface area contributed by atoms with E-state index < -0.39 is 18.1 Å². The van der Waals surface area contributed by atoms with Crippen molar-refractivity contribution in [1.29, 1.82) is 0 Å². The largest absolute Gasteiger partial charge is 0.495 e. The molecule has 2 aromatic carbocycles. The Labute approximate surface area is 142 Å². The molecule has 0 saturated heterocycles. The first-order chi connectivity index (χ1) is 11.6. The first-order valence-electron chi connectivity index (χ1n) is 7.67. The number of ether oxygens (including phenoxy) is 3. The van der Waals surface area contributed by atoms with Crippen molar-refractivity contribution in [2.45, 2.75) is 19.1 Å². The number of methoxy groups -OCH3 is 3. The quantitative estimate of drug-likeness (QED) is 0.790. The van der Waals surface area contributed by atoms with Crippen molar-refractivity contribution in [3.63, 3.8) is 0 Å². The van der Waals surface area contributed by atoms with E-state index in [4.69, 9.17) is 14.2 Å². The Morgan fingerprint density at radius 2 is 1.67 bits per heavy atom. The van der Waals surface area contributed by atoms with Crippen molar-refractivity contribution in [3.8, 4) is 5.75 Å². The van der Waals surface area contributed by atoms with E-state index in [1.54, 1.807) is 7.11 Å².